The number of hydrogen-bond donors (Lipinski definition) is 0. The van der Waals surface area contributed by atoms with Crippen molar-refractivity contribution in [2.45, 2.75) is 57.0 Å². The molecule has 6 heteroatoms. The Balaban J connectivity index is 1.37. The van der Waals surface area contributed by atoms with Crippen molar-refractivity contribution in [3.8, 4) is 0 Å². The third-order valence-electron chi connectivity index (χ3n) is 6.31. The molecular formula is C25H29N3O3. The number of benzene rings is 1. The van der Waals surface area contributed by atoms with Gasteiger partial charge in [0, 0.05) is 25.7 Å². The van der Waals surface area contributed by atoms with Crippen molar-refractivity contribution in [1.29, 1.82) is 0 Å². The molecular weight excluding hydrogens is 390 g/mol. The molecule has 2 aliphatic rings. The fourth-order valence-corrected chi connectivity index (χ4v) is 4.73. The molecule has 31 heavy (non-hydrogen) atoms. The second-order valence-corrected chi connectivity index (χ2v) is 8.35. The Kier molecular flexibility index (Phi) is 6.75. The molecule has 2 amide bonds. The Bertz CT molecular complexity index is 916. The lowest BCUT2D eigenvalue weighted by atomic mass is 10.1. The lowest BCUT2D eigenvalue weighted by Gasteiger charge is -2.31. The number of carbonyl (C=O) groups is 3. The summed E-state index contributed by atoms with van der Waals surface area (Å²) < 4.78 is 0. The smallest absolute Gasteiger partial charge is 0.246 e. The number of pyridine rings is 1. The van der Waals surface area contributed by atoms with Gasteiger partial charge in [-0.2, -0.15) is 0 Å². The van der Waals surface area contributed by atoms with Crippen LogP contribution >= 0.6 is 0 Å². The average molecular weight is 420 g/mol. The molecule has 1 aromatic carbocycles. The van der Waals surface area contributed by atoms with Crippen molar-refractivity contribution in [2.75, 3.05) is 13.1 Å². The Morgan fingerprint density at radius 1 is 0.871 bits per heavy atom. The van der Waals surface area contributed by atoms with E-state index < -0.39 is 12.1 Å². The van der Waals surface area contributed by atoms with Crippen molar-refractivity contribution >= 4 is 17.6 Å². The van der Waals surface area contributed by atoms with E-state index in [-0.39, 0.29) is 17.6 Å². The van der Waals surface area contributed by atoms with Crippen molar-refractivity contribution in [2.24, 2.45) is 0 Å². The van der Waals surface area contributed by atoms with Gasteiger partial charge in [-0.15, -0.1) is 0 Å². The van der Waals surface area contributed by atoms with Gasteiger partial charge < -0.3 is 9.80 Å². The highest BCUT2D eigenvalue weighted by Gasteiger charge is 2.42. The quantitative estimate of drug-likeness (QED) is 0.646. The van der Waals surface area contributed by atoms with E-state index in [1.807, 2.05) is 18.2 Å². The largest absolute Gasteiger partial charge is 0.331 e. The van der Waals surface area contributed by atoms with Crippen molar-refractivity contribution in [1.82, 2.24) is 14.8 Å². The van der Waals surface area contributed by atoms with Gasteiger partial charge in [-0.05, 0) is 56.2 Å². The maximum Gasteiger partial charge on any atom is 0.246 e. The highest BCUT2D eigenvalue weighted by atomic mass is 16.2. The van der Waals surface area contributed by atoms with Crippen molar-refractivity contribution in [3.05, 3.63) is 66.0 Å². The van der Waals surface area contributed by atoms with E-state index in [0.29, 0.717) is 38.0 Å². The van der Waals surface area contributed by atoms with Crippen LogP contribution in [0.2, 0.25) is 0 Å². The first-order chi connectivity index (χ1) is 15.1. The summed E-state index contributed by atoms with van der Waals surface area (Å²) in [7, 11) is 0. The highest BCUT2D eigenvalue weighted by Crippen LogP contribution is 2.27. The molecule has 2 aromatic rings. The zero-order chi connectivity index (χ0) is 21.6. The van der Waals surface area contributed by atoms with E-state index in [1.54, 1.807) is 34.2 Å². The summed E-state index contributed by atoms with van der Waals surface area (Å²) in [5.41, 5.74) is 1.62. The monoisotopic (exact) mass is 419 g/mol. The van der Waals surface area contributed by atoms with Crippen LogP contribution in [0.5, 0.6) is 0 Å². The van der Waals surface area contributed by atoms with E-state index in [0.717, 1.165) is 25.7 Å². The number of aromatic nitrogens is 1. The number of likely N-dealkylation sites (tertiary alicyclic amines) is 2. The normalized spacial score (nSPS) is 20.8. The van der Waals surface area contributed by atoms with Crippen LogP contribution in [0, 0.1) is 0 Å². The van der Waals surface area contributed by atoms with Crippen LogP contribution < -0.4 is 0 Å². The fourth-order valence-electron chi connectivity index (χ4n) is 4.73. The van der Waals surface area contributed by atoms with Gasteiger partial charge in [0.2, 0.25) is 17.6 Å². The van der Waals surface area contributed by atoms with Gasteiger partial charge in [0.1, 0.15) is 11.7 Å². The first-order valence-electron chi connectivity index (χ1n) is 11.2. The first-order valence-corrected chi connectivity index (χ1v) is 11.2. The van der Waals surface area contributed by atoms with Crippen molar-refractivity contribution < 1.29 is 14.4 Å². The molecule has 0 radical (unpaired) electrons. The second kappa shape index (κ2) is 9.86. The van der Waals surface area contributed by atoms with Gasteiger partial charge in [-0.25, -0.2) is 0 Å². The highest BCUT2D eigenvalue weighted by molar-refractivity contribution is 6.01. The minimum absolute atomic E-state index is 0.0404. The number of nitrogens with zero attached hydrogens (tertiary/aromatic N) is 3. The van der Waals surface area contributed by atoms with Gasteiger partial charge in [0.05, 0.1) is 6.04 Å². The van der Waals surface area contributed by atoms with Crippen LogP contribution in [-0.4, -0.2) is 57.6 Å². The van der Waals surface area contributed by atoms with Gasteiger partial charge >= 0.3 is 0 Å². The van der Waals surface area contributed by atoms with Crippen molar-refractivity contribution in [3.63, 3.8) is 0 Å². The molecule has 1 aromatic heterocycles. The van der Waals surface area contributed by atoms with E-state index in [1.165, 1.54) is 5.56 Å². The van der Waals surface area contributed by atoms with Crippen LogP contribution in [0.25, 0.3) is 0 Å². The molecule has 4 rings (SSSR count). The zero-order valence-electron chi connectivity index (χ0n) is 17.8. The topological polar surface area (TPSA) is 70.6 Å². The molecule has 0 spiro atoms. The minimum Gasteiger partial charge on any atom is -0.331 e. The first kappa shape index (κ1) is 21.2. The maximum atomic E-state index is 13.4. The Morgan fingerprint density at radius 2 is 1.58 bits per heavy atom. The average Bonchev–Trinajstić information content (AvgIpc) is 3.49. The molecule has 2 atom stereocenters. The summed E-state index contributed by atoms with van der Waals surface area (Å²) in [6, 6.07) is 14.5. The molecule has 2 fully saturated rings. The Hall–Kier alpha value is -3.02. The lowest BCUT2D eigenvalue weighted by Crippen LogP contribution is -2.51. The molecule has 0 N–H and O–H groups in total. The molecule has 2 saturated heterocycles. The van der Waals surface area contributed by atoms with Gasteiger partial charge in [-0.1, -0.05) is 36.4 Å². The number of hydrogen-bond acceptors (Lipinski definition) is 4. The summed E-state index contributed by atoms with van der Waals surface area (Å²) in [5.74, 6) is -0.149. The number of amides is 2. The van der Waals surface area contributed by atoms with Crippen LogP contribution in [0.4, 0.5) is 0 Å². The molecule has 0 bridgehead atoms. The lowest BCUT2D eigenvalue weighted by molar-refractivity contribution is -0.144. The molecule has 3 heterocycles. The summed E-state index contributed by atoms with van der Waals surface area (Å²) in [6.45, 7) is 1.18. The van der Waals surface area contributed by atoms with Gasteiger partial charge in [-0.3, -0.25) is 19.4 Å². The maximum absolute atomic E-state index is 13.4. The van der Waals surface area contributed by atoms with E-state index in [9.17, 15) is 14.4 Å². The van der Waals surface area contributed by atoms with Crippen LogP contribution in [0.15, 0.2) is 54.7 Å². The Morgan fingerprint density at radius 3 is 2.32 bits per heavy atom. The SMILES string of the molecule is O=C(c1ccccn1)[C@@H]1CCCN1C(=O)[C@@H]1CCCN1C(=O)CCCc1ccccc1. The molecule has 0 unspecified atom stereocenters. The van der Waals surface area contributed by atoms with E-state index in [4.69, 9.17) is 0 Å². The second-order valence-electron chi connectivity index (χ2n) is 8.35. The van der Waals surface area contributed by atoms with E-state index >= 15 is 0 Å². The van der Waals surface area contributed by atoms with Crippen LogP contribution in [-0.2, 0) is 16.0 Å². The molecule has 0 saturated carbocycles. The minimum atomic E-state index is -0.474. The van der Waals surface area contributed by atoms with Gasteiger partial charge in [0.15, 0.2) is 0 Å². The number of aryl methyl sites for hydroxylation is 1. The number of ketones is 1. The summed E-state index contributed by atoms with van der Waals surface area (Å²) in [4.78, 5) is 46.8. The number of carbonyl (C=O) groups excluding carboxylic acids is 3. The van der Waals surface area contributed by atoms with Crippen LogP contribution in [0.1, 0.15) is 54.6 Å². The number of rotatable bonds is 7. The fraction of sp³-hybridized carbons (Fsp3) is 0.440. The predicted octanol–water partition coefficient (Wildman–Crippen LogP) is 3.27. The Labute approximate surface area is 183 Å². The third-order valence-corrected chi connectivity index (χ3v) is 6.31. The summed E-state index contributed by atoms with van der Waals surface area (Å²) in [5, 5.41) is 0. The zero-order valence-corrected chi connectivity index (χ0v) is 17.8. The molecule has 162 valence electrons. The standard InChI is InChI=1S/C25H29N3O3/c29-23(15-6-11-19-9-2-1-3-10-19)27-17-8-14-22(27)25(31)28-18-7-13-21(28)24(30)20-12-4-5-16-26-20/h1-5,9-10,12,16,21-22H,6-8,11,13-15,17-18H2/t21-,22-/m0/s1. The molecule has 6 nitrogen and oxygen atoms in total. The predicted molar refractivity (Wildman–Crippen MR) is 117 cm³/mol. The van der Waals surface area contributed by atoms with E-state index in [2.05, 4.69) is 17.1 Å². The number of Topliss-reactive ketones (excluding diaryl/α,β-unsaturated/α-hetero) is 1. The van der Waals surface area contributed by atoms with Crippen LogP contribution in [0.3, 0.4) is 0 Å². The molecule has 0 aliphatic carbocycles. The summed E-state index contributed by atoms with van der Waals surface area (Å²) in [6.07, 6.45) is 6.61. The van der Waals surface area contributed by atoms with Gasteiger partial charge in [0.25, 0.3) is 0 Å². The summed E-state index contributed by atoms with van der Waals surface area (Å²) >= 11 is 0. The third kappa shape index (κ3) is 4.84. The molecule has 2 aliphatic heterocycles.